The normalized spacial score (nSPS) is 15.4. The number of aryl methyl sites for hydroxylation is 2. The number of rotatable bonds is 5. The van der Waals surface area contributed by atoms with Crippen molar-refractivity contribution in [3.05, 3.63) is 35.4 Å². The Hall–Kier alpha value is -1.84. The van der Waals surface area contributed by atoms with Crippen molar-refractivity contribution in [2.24, 2.45) is 0 Å². The Bertz CT molecular complexity index is 542. The Labute approximate surface area is 139 Å². The molecule has 2 rings (SSSR count). The zero-order valence-electron chi connectivity index (χ0n) is 14.4. The zero-order valence-corrected chi connectivity index (χ0v) is 14.4. The molecular weight excluding hydrogens is 288 g/mol. The molecule has 1 aromatic rings. The van der Waals surface area contributed by atoms with Gasteiger partial charge in [0.1, 0.15) is 0 Å². The first-order valence-corrected chi connectivity index (χ1v) is 8.72. The topological polar surface area (TPSA) is 40.6 Å². The van der Waals surface area contributed by atoms with Crippen LogP contribution in [0, 0.1) is 6.92 Å². The third kappa shape index (κ3) is 5.08. The van der Waals surface area contributed by atoms with E-state index in [4.69, 9.17) is 0 Å². The zero-order chi connectivity index (χ0) is 16.7. The molecule has 0 atom stereocenters. The second-order valence-corrected chi connectivity index (χ2v) is 6.29. The molecule has 0 aromatic heterocycles. The molecule has 1 aromatic carbocycles. The molecule has 1 saturated heterocycles. The van der Waals surface area contributed by atoms with E-state index < -0.39 is 0 Å². The number of hydrogen-bond acceptors (Lipinski definition) is 2. The maximum atomic E-state index is 12.5. The fourth-order valence-electron chi connectivity index (χ4n) is 3.08. The summed E-state index contributed by atoms with van der Waals surface area (Å²) in [6.07, 6.45) is 3.72. The minimum Gasteiger partial charge on any atom is -0.341 e. The SMILES string of the molecule is CCCC(=O)N1CCCN(C(=O)CCc2ccccc2C)CC1. The Balaban J connectivity index is 1.83. The van der Waals surface area contributed by atoms with Crippen LogP contribution in [0.3, 0.4) is 0 Å². The molecule has 0 radical (unpaired) electrons. The number of benzene rings is 1. The van der Waals surface area contributed by atoms with Crippen LogP contribution in [0.4, 0.5) is 0 Å². The van der Waals surface area contributed by atoms with Gasteiger partial charge in [0, 0.05) is 39.0 Å². The first kappa shape index (κ1) is 17.5. The smallest absolute Gasteiger partial charge is 0.222 e. The third-order valence-corrected chi connectivity index (χ3v) is 4.53. The number of amides is 2. The first-order chi connectivity index (χ1) is 11.1. The Morgan fingerprint density at radius 3 is 2.17 bits per heavy atom. The molecule has 23 heavy (non-hydrogen) atoms. The first-order valence-electron chi connectivity index (χ1n) is 8.72. The van der Waals surface area contributed by atoms with E-state index in [2.05, 4.69) is 19.1 Å². The van der Waals surface area contributed by atoms with Gasteiger partial charge in [-0.25, -0.2) is 0 Å². The third-order valence-electron chi connectivity index (χ3n) is 4.53. The lowest BCUT2D eigenvalue weighted by molar-refractivity contribution is -0.133. The summed E-state index contributed by atoms with van der Waals surface area (Å²) < 4.78 is 0. The predicted octanol–water partition coefficient (Wildman–Crippen LogP) is 2.79. The monoisotopic (exact) mass is 316 g/mol. The predicted molar refractivity (Wildman–Crippen MR) is 92.2 cm³/mol. The molecule has 2 amide bonds. The Kier molecular flexibility index (Phi) is 6.63. The average Bonchev–Trinajstić information content (AvgIpc) is 2.80. The van der Waals surface area contributed by atoms with Gasteiger partial charge in [-0.1, -0.05) is 31.2 Å². The molecule has 1 heterocycles. The highest BCUT2D eigenvalue weighted by Crippen LogP contribution is 2.12. The van der Waals surface area contributed by atoms with Crippen LogP contribution in [0.2, 0.25) is 0 Å². The molecule has 0 bridgehead atoms. The lowest BCUT2D eigenvalue weighted by atomic mass is 10.0. The van der Waals surface area contributed by atoms with Crippen molar-refractivity contribution in [1.29, 1.82) is 0 Å². The van der Waals surface area contributed by atoms with Crippen molar-refractivity contribution in [3.63, 3.8) is 0 Å². The van der Waals surface area contributed by atoms with Crippen LogP contribution >= 0.6 is 0 Å². The summed E-state index contributed by atoms with van der Waals surface area (Å²) in [6.45, 7) is 7.00. The van der Waals surface area contributed by atoms with Gasteiger partial charge in [0.25, 0.3) is 0 Å². The summed E-state index contributed by atoms with van der Waals surface area (Å²) in [5.74, 6) is 0.430. The van der Waals surface area contributed by atoms with Crippen LogP contribution in [-0.2, 0) is 16.0 Å². The molecule has 4 nitrogen and oxygen atoms in total. The molecule has 1 aliphatic heterocycles. The van der Waals surface area contributed by atoms with E-state index in [-0.39, 0.29) is 11.8 Å². The summed E-state index contributed by atoms with van der Waals surface area (Å²) in [5.41, 5.74) is 2.49. The molecule has 0 N–H and O–H groups in total. The summed E-state index contributed by atoms with van der Waals surface area (Å²) >= 11 is 0. The largest absolute Gasteiger partial charge is 0.341 e. The molecule has 1 aliphatic rings. The van der Waals surface area contributed by atoms with E-state index in [1.807, 2.05) is 28.9 Å². The van der Waals surface area contributed by atoms with Gasteiger partial charge in [-0.2, -0.15) is 0 Å². The van der Waals surface area contributed by atoms with Crippen LogP contribution in [0.5, 0.6) is 0 Å². The maximum absolute atomic E-state index is 12.5. The highest BCUT2D eigenvalue weighted by Gasteiger charge is 2.21. The fraction of sp³-hybridized carbons (Fsp3) is 0.579. The summed E-state index contributed by atoms with van der Waals surface area (Å²) in [4.78, 5) is 28.3. The van der Waals surface area contributed by atoms with E-state index >= 15 is 0 Å². The van der Waals surface area contributed by atoms with Gasteiger partial charge in [-0.05, 0) is 37.3 Å². The van der Waals surface area contributed by atoms with Crippen molar-refractivity contribution in [2.45, 2.75) is 46.0 Å². The van der Waals surface area contributed by atoms with Gasteiger partial charge in [-0.15, -0.1) is 0 Å². The van der Waals surface area contributed by atoms with Gasteiger partial charge in [0.15, 0.2) is 0 Å². The van der Waals surface area contributed by atoms with Crippen molar-refractivity contribution >= 4 is 11.8 Å². The molecule has 126 valence electrons. The lowest BCUT2D eigenvalue weighted by Gasteiger charge is -2.22. The van der Waals surface area contributed by atoms with Crippen molar-refractivity contribution in [1.82, 2.24) is 9.80 Å². The number of carbonyl (C=O) groups is 2. The molecule has 0 aliphatic carbocycles. The van der Waals surface area contributed by atoms with Gasteiger partial charge in [0.2, 0.25) is 11.8 Å². The summed E-state index contributed by atoms with van der Waals surface area (Å²) in [6, 6.07) is 8.23. The molecule has 1 fully saturated rings. The molecule has 0 saturated carbocycles. The van der Waals surface area contributed by atoms with Gasteiger partial charge < -0.3 is 9.80 Å². The van der Waals surface area contributed by atoms with Gasteiger partial charge >= 0.3 is 0 Å². The van der Waals surface area contributed by atoms with E-state index in [0.717, 1.165) is 32.4 Å². The quantitative estimate of drug-likeness (QED) is 0.838. The summed E-state index contributed by atoms with van der Waals surface area (Å²) in [7, 11) is 0. The maximum Gasteiger partial charge on any atom is 0.222 e. The average molecular weight is 316 g/mol. The molecule has 0 unspecified atom stereocenters. The lowest BCUT2D eigenvalue weighted by Crippen LogP contribution is -2.37. The van der Waals surface area contributed by atoms with Gasteiger partial charge in [0.05, 0.1) is 0 Å². The highest BCUT2D eigenvalue weighted by atomic mass is 16.2. The number of carbonyl (C=O) groups excluding carboxylic acids is 2. The minimum absolute atomic E-state index is 0.207. The number of hydrogen-bond donors (Lipinski definition) is 0. The van der Waals surface area contributed by atoms with Crippen LogP contribution in [-0.4, -0.2) is 47.8 Å². The van der Waals surface area contributed by atoms with Crippen molar-refractivity contribution in [3.8, 4) is 0 Å². The molecule has 0 spiro atoms. The van der Waals surface area contributed by atoms with E-state index in [9.17, 15) is 9.59 Å². The Morgan fingerprint density at radius 2 is 1.57 bits per heavy atom. The van der Waals surface area contributed by atoms with Crippen molar-refractivity contribution < 1.29 is 9.59 Å². The molecule has 4 heteroatoms. The van der Waals surface area contributed by atoms with E-state index in [1.54, 1.807) is 0 Å². The highest BCUT2D eigenvalue weighted by molar-refractivity contribution is 5.78. The van der Waals surface area contributed by atoms with Crippen LogP contribution in [0.1, 0.15) is 43.7 Å². The number of nitrogens with zero attached hydrogens (tertiary/aromatic N) is 2. The Morgan fingerprint density at radius 1 is 0.957 bits per heavy atom. The second kappa shape index (κ2) is 8.70. The summed E-state index contributed by atoms with van der Waals surface area (Å²) in [5, 5.41) is 0. The van der Waals surface area contributed by atoms with Crippen LogP contribution < -0.4 is 0 Å². The van der Waals surface area contributed by atoms with Crippen LogP contribution in [0.15, 0.2) is 24.3 Å². The van der Waals surface area contributed by atoms with E-state index in [0.29, 0.717) is 25.9 Å². The fourth-order valence-corrected chi connectivity index (χ4v) is 3.08. The van der Waals surface area contributed by atoms with Crippen LogP contribution in [0.25, 0.3) is 0 Å². The van der Waals surface area contributed by atoms with E-state index in [1.165, 1.54) is 11.1 Å². The molecular formula is C19H28N2O2. The second-order valence-electron chi connectivity index (χ2n) is 6.29. The minimum atomic E-state index is 0.207. The standard InChI is InChI=1S/C19H28N2O2/c1-3-7-18(22)20-12-6-13-21(15-14-20)19(23)11-10-17-9-5-4-8-16(17)2/h4-5,8-9H,3,6-7,10-15H2,1-2H3. The van der Waals surface area contributed by atoms with Gasteiger partial charge in [-0.3, -0.25) is 9.59 Å². The van der Waals surface area contributed by atoms with Crippen molar-refractivity contribution in [2.75, 3.05) is 26.2 Å².